The fourth-order valence-electron chi connectivity index (χ4n) is 5.13. The molecule has 0 unspecified atom stereocenters. The highest BCUT2D eigenvalue weighted by Gasteiger charge is 2.32. The number of halogens is 1. The molecule has 11 nitrogen and oxygen atoms in total. The van der Waals surface area contributed by atoms with E-state index < -0.39 is 24.3 Å². The molecule has 4 N–H and O–H groups in total. The predicted molar refractivity (Wildman–Crippen MR) is 166 cm³/mol. The lowest BCUT2D eigenvalue weighted by Crippen LogP contribution is -2.45. The molecule has 5 rings (SSSR count). The number of rotatable bonds is 12. The molecule has 0 aliphatic carbocycles. The van der Waals surface area contributed by atoms with Gasteiger partial charge in [-0.05, 0) is 43.7 Å². The molecule has 1 aromatic heterocycles. The minimum Gasteiger partial charge on any atom is -0.490 e. The Morgan fingerprint density at radius 1 is 1.13 bits per heavy atom. The number of aromatic nitrogens is 1. The Kier molecular flexibility index (Phi) is 9.64. The fourth-order valence-corrected chi connectivity index (χ4v) is 5.13. The number of nitrogens with one attached hydrogen (secondary N) is 3. The molecular formula is C33H34FN5O6. The van der Waals surface area contributed by atoms with E-state index in [0.29, 0.717) is 41.5 Å². The number of amides is 2. The maximum Gasteiger partial charge on any atom is 0.337 e. The molecule has 2 atom stereocenters. The zero-order chi connectivity index (χ0) is 31.9. The Balaban J connectivity index is 1.26. The van der Waals surface area contributed by atoms with E-state index in [2.05, 4.69) is 21.2 Å². The number of hydrogen-bond donors (Lipinski definition) is 4. The quantitative estimate of drug-likeness (QED) is 0.0806. The van der Waals surface area contributed by atoms with Crippen LogP contribution in [0.1, 0.15) is 36.6 Å². The van der Waals surface area contributed by atoms with Crippen LogP contribution in [-0.2, 0) is 16.1 Å². The van der Waals surface area contributed by atoms with Crippen molar-refractivity contribution in [1.29, 1.82) is 0 Å². The lowest BCUT2D eigenvalue weighted by atomic mass is 9.95. The molecule has 0 spiro atoms. The van der Waals surface area contributed by atoms with Gasteiger partial charge in [0.15, 0.2) is 17.7 Å². The van der Waals surface area contributed by atoms with E-state index >= 15 is 0 Å². The number of aliphatic hydroxyl groups is 1. The molecule has 3 aromatic carbocycles. The molecule has 1 aliphatic rings. The van der Waals surface area contributed by atoms with Crippen LogP contribution in [-0.4, -0.2) is 54.4 Å². The minimum absolute atomic E-state index is 0.164. The maximum atomic E-state index is 14.3. The standard InChI is InChI=1S/C33H34FN5O6/c1-4-44-28-15-21(31-30(32(41)43-3)20(2)36-33(42)37-31)13-14-27(28)45-19-29(40)38-35-16-23-18-39(26-12-8-6-10-24(23)26)17-22-9-5-7-11-25(22)34/h5-16,18,29,31,38,40H,4,17,19H2,1-3H3,(H2,36,37,42)/b35-16+/t29-,31+/m1/s1. The predicted octanol–water partition coefficient (Wildman–Crippen LogP) is 4.35. The third kappa shape index (κ3) is 7.07. The summed E-state index contributed by atoms with van der Waals surface area (Å²) in [6, 6.07) is 18.2. The van der Waals surface area contributed by atoms with E-state index in [-0.39, 0.29) is 18.0 Å². The molecule has 0 fully saturated rings. The number of fused-ring (bicyclic) bond motifs is 1. The van der Waals surface area contributed by atoms with E-state index in [1.807, 2.05) is 42.0 Å². The molecule has 45 heavy (non-hydrogen) atoms. The van der Waals surface area contributed by atoms with Gasteiger partial charge in [-0.3, -0.25) is 5.43 Å². The molecule has 0 bridgehead atoms. The number of hydrogen-bond acceptors (Lipinski definition) is 8. The summed E-state index contributed by atoms with van der Waals surface area (Å²) in [7, 11) is 1.27. The number of aliphatic hydroxyl groups excluding tert-OH is 1. The summed E-state index contributed by atoms with van der Waals surface area (Å²) >= 11 is 0. The Bertz CT molecular complexity index is 1770. The summed E-state index contributed by atoms with van der Waals surface area (Å²) in [5.41, 5.74) is 6.18. The van der Waals surface area contributed by atoms with Crippen LogP contribution in [0.4, 0.5) is 9.18 Å². The summed E-state index contributed by atoms with van der Waals surface area (Å²) in [5, 5.41) is 21.0. The summed E-state index contributed by atoms with van der Waals surface area (Å²) in [5.74, 6) is -0.133. The van der Waals surface area contributed by atoms with Crippen LogP contribution in [0.2, 0.25) is 0 Å². The van der Waals surface area contributed by atoms with Crippen LogP contribution >= 0.6 is 0 Å². The Morgan fingerprint density at radius 2 is 1.91 bits per heavy atom. The third-order valence-electron chi connectivity index (χ3n) is 7.22. The molecule has 234 valence electrons. The molecular weight excluding hydrogens is 581 g/mol. The second-order valence-corrected chi connectivity index (χ2v) is 10.2. The van der Waals surface area contributed by atoms with Crippen molar-refractivity contribution < 1.29 is 33.3 Å². The Morgan fingerprint density at radius 3 is 2.69 bits per heavy atom. The van der Waals surface area contributed by atoms with E-state index in [1.165, 1.54) is 13.2 Å². The zero-order valence-electron chi connectivity index (χ0n) is 25.0. The number of para-hydroxylation sites is 1. The first kappa shape index (κ1) is 31.1. The Hall–Kier alpha value is -5.36. The number of carbonyl (C=O) groups is 2. The van der Waals surface area contributed by atoms with E-state index in [0.717, 1.165) is 16.5 Å². The lowest BCUT2D eigenvalue weighted by Gasteiger charge is -2.28. The van der Waals surface area contributed by atoms with E-state index in [4.69, 9.17) is 14.2 Å². The summed E-state index contributed by atoms with van der Waals surface area (Å²) in [6.07, 6.45) is 2.31. The largest absolute Gasteiger partial charge is 0.490 e. The molecule has 2 heterocycles. The number of benzene rings is 3. The second kappa shape index (κ2) is 14.0. The monoisotopic (exact) mass is 615 g/mol. The van der Waals surface area contributed by atoms with Crippen molar-refractivity contribution in [3.8, 4) is 11.5 Å². The maximum absolute atomic E-state index is 14.3. The summed E-state index contributed by atoms with van der Waals surface area (Å²) < 4.78 is 32.8. The number of methoxy groups -OCH3 is 1. The van der Waals surface area contributed by atoms with Gasteiger partial charge in [0.1, 0.15) is 12.4 Å². The van der Waals surface area contributed by atoms with Crippen LogP contribution in [0, 0.1) is 5.82 Å². The normalized spacial score (nSPS) is 15.5. The van der Waals surface area contributed by atoms with E-state index in [1.54, 1.807) is 49.5 Å². The smallest absolute Gasteiger partial charge is 0.337 e. The van der Waals surface area contributed by atoms with Gasteiger partial charge in [0.05, 0.1) is 38.1 Å². The average molecular weight is 616 g/mol. The van der Waals surface area contributed by atoms with Gasteiger partial charge in [-0.15, -0.1) is 0 Å². The number of nitrogens with zero attached hydrogens (tertiary/aromatic N) is 2. The van der Waals surface area contributed by atoms with Crippen molar-refractivity contribution in [2.45, 2.75) is 32.7 Å². The highest BCUT2D eigenvalue weighted by molar-refractivity contribution is 5.99. The number of urea groups is 1. The van der Waals surface area contributed by atoms with Gasteiger partial charge >= 0.3 is 12.0 Å². The number of allylic oxidation sites excluding steroid dienone is 1. The van der Waals surface area contributed by atoms with Crippen molar-refractivity contribution in [2.24, 2.45) is 5.10 Å². The van der Waals surface area contributed by atoms with Gasteiger partial charge in [-0.2, -0.15) is 5.10 Å². The van der Waals surface area contributed by atoms with Crippen molar-refractivity contribution in [3.05, 3.63) is 107 Å². The van der Waals surface area contributed by atoms with Crippen molar-refractivity contribution in [2.75, 3.05) is 20.3 Å². The molecule has 4 aromatic rings. The highest BCUT2D eigenvalue weighted by Crippen LogP contribution is 2.35. The minimum atomic E-state index is -1.16. The lowest BCUT2D eigenvalue weighted by molar-refractivity contribution is -0.136. The Labute approximate surface area is 259 Å². The van der Waals surface area contributed by atoms with E-state index in [9.17, 15) is 19.1 Å². The van der Waals surface area contributed by atoms with Crippen molar-refractivity contribution in [3.63, 3.8) is 0 Å². The van der Waals surface area contributed by atoms with Crippen molar-refractivity contribution >= 4 is 29.1 Å². The summed E-state index contributed by atoms with van der Waals surface area (Å²) in [6.45, 7) is 3.95. The second-order valence-electron chi connectivity index (χ2n) is 10.2. The van der Waals surface area contributed by atoms with Crippen LogP contribution in [0.25, 0.3) is 10.9 Å². The SMILES string of the molecule is CCOc1cc([C@@H]2NC(=O)NC(C)=C2C(=O)OC)ccc1OC[C@@H](O)N/N=C/c1cn(Cc2ccccc2F)c2ccccc12. The first-order chi connectivity index (χ1) is 21.8. The van der Waals surface area contributed by atoms with Gasteiger partial charge in [-0.1, -0.05) is 42.5 Å². The molecule has 0 saturated carbocycles. The molecule has 0 saturated heterocycles. The van der Waals surface area contributed by atoms with Crippen LogP contribution in [0.3, 0.4) is 0 Å². The first-order valence-corrected chi connectivity index (χ1v) is 14.3. The fraction of sp³-hybridized carbons (Fsp3) is 0.242. The van der Waals surface area contributed by atoms with Gasteiger partial charge < -0.3 is 34.5 Å². The molecule has 12 heteroatoms. The van der Waals surface area contributed by atoms with Gasteiger partial charge in [-0.25, -0.2) is 14.0 Å². The van der Waals surface area contributed by atoms with Crippen LogP contribution < -0.4 is 25.5 Å². The van der Waals surface area contributed by atoms with Gasteiger partial charge in [0, 0.05) is 33.9 Å². The average Bonchev–Trinajstić information content (AvgIpc) is 3.38. The molecule has 0 radical (unpaired) electrons. The topological polar surface area (TPSA) is 135 Å². The molecule has 2 amide bonds. The van der Waals surface area contributed by atoms with Gasteiger partial charge in [0.25, 0.3) is 0 Å². The zero-order valence-corrected chi connectivity index (χ0v) is 25.0. The van der Waals surface area contributed by atoms with Crippen molar-refractivity contribution in [1.82, 2.24) is 20.6 Å². The highest BCUT2D eigenvalue weighted by atomic mass is 19.1. The number of hydrazone groups is 1. The number of carbonyl (C=O) groups excluding carboxylic acids is 2. The molecule has 1 aliphatic heterocycles. The summed E-state index contributed by atoms with van der Waals surface area (Å²) in [4.78, 5) is 24.6. The van der Waals surface area contributed by atoms with Crippen LogP contribution in [0.5, 0.6) is 11.5 Å². The third-order valence-corrected chi connectivity index (χ3v) is 7.22. The van der Waals surface area contributed by atoms with Crippen LogP contribution in [0.15, 0.2) is 89.3 Å². The number of esters is 1. The van der Waals surface area contributed by atoms with Gasteiger partial charge in [0.2, 0.25) is 0 Å². The number of ether oxygens (including phenoxy) is 3. The first-order valence-electron chi connectivity index (χ1n) is 14.3.